The highest BCUT2D eigenvalue weighted by Gasteiger charge is 2.46. The van der Waals surface area contributed by atoms with Gasteiger partial charge in [-0.25, -0.2) is 0 Å². The number of para-hydroxylation sites is 2. The zero-order valence-electron chi connectivity index (χ0n) is 18.9. The van der Waals surface area contributed by atoms with Gasteiger partial charge in [0.2, 0.25) is 0 Å². The van der Waals surface area contributed by atoms with Crippen molar-refractivity contribution in [3.8, 4) is 17.6 Å². The van der Waals surface area contributed by atoms with Crippen LogP contribution in [-0.4, -0.2) is 41.9 Å². The van der Waals surface area contributed by atoms with Crippen LogP contribution in [0.4, 0.5) is 0 Å². The lowest BCUT2D eigenvalue weighted by Gasteiger charge is -2.54. The minimum Gasteiger partial charge on any atom is -0.456 e. The third-order valence-corrected chi connectivity index (χ3v) is 7.19. The standard InChI is InChI=1S/C28H26ClN3O2/c29-24-11-9-21(10-12-24)27(33)32-19-28(20-32)13-15-31(16-14-28)18-23-6-2-4-8-26(23)34-25-7-3-1-5-22(25)17-30/h1-12H,13-16,18-20H2. The molecule has 2 fully saturated rings. The molecule has 6 heteroatoms. The van der Waals surface area contributed by atoms with E-state index >= 15 is 0 Å². The van der Waals surface area contributed by atoms with Crippen LogP contribution in [-0.2, 0) is 6.54 Å². The molecule has 34 heavy (non-hydrogen) atoms. The Morgan fingerprint density at radius 3 is 2.29 bits per heavy atom. The van der Waals surface area contributed by atoms with Gasteiger partial charge in [0.15, 0.2) is 0 Å². The molecule has 0 radical (unpaired) electrons. The van der Waals surface area contributed by atoms with Gasteiger partial charge in [-0.3, -0.25) is 9.69 Å². The fraction of sp³-hybridized carbons (Fsp3) is 0.286. The number of benzene rings is 3. The summed E-state index contributed by atoms with van der Waals surface area (Å²) in [7, 11) is 0. The van der Waals surface area contributed by atoms with Crippen LogP contribution in [0.3, 0.4) is 0 Å². The van der Waals surface area contributed by atoms with Crippen molar-refractivity contribution in [2.45, 2.75) is 19.4 Å². The third-order valence-electron chi connectivity index (χ3n) is 6.94. The minimum absolute atomic E-state index is 0.0912. The predicted octanol–water partition coefficient (Wildman–Crippen LogP) is 5.74. The molecule has 1 amide bonds. The van der Waals surface area contributed by atoms with Gasteiger partial charge in [0, 0.05) is 41.2 Å². The second-order valence-corrected chi connectivity index (χ2v) is 9.70. The molecular weight excluding hydrogens is 446 g/mol. The maximum absolute atomic E-state index is 12.7. The number of hydrogen-bond donors (Lipinski definition) is 0. The van der Waals surface area contributed by atoms with E-state index in [0.29, 0.717) is 21.9 Å². The summed E-state index contributed by atoms with van der Waals surface area (Å²) in [5.74, 6) is 1.46. The largest absolute Gasteiger partial charge is 0.456 e. The first kappa shape index (κ1) is 22.5. The molecule has 2 heterocycles. The highest BCUT2D eigenvalue weighted by atomic mass is 35.5. The van der Waals surface area contributed by atoms with Gasteiger partial charge in [0.25, 0.3) is 5.91 Å². The van der Waals surface area contributed by atoms with E-state index in [1.807, 2.05) is 41.3 Å². The van der Waals surface area contributed by atoms with Gasteiger partial charge in [-0.15, -0.1) is 0 Å². The van der Waals surface area contributed by atoms with Crippen molar-refractivity contribution in [1.82, 2.24) is 9.80 Å². The number of hydrogen-bond acceptors (Lipinski definition) is 4. The molecule has 0 saturated carbocycles. The van der Waals surface area contributed by atoms with Crippen molar-refractivity contribution in [2.24, 2.45) is 5.41 Å². The number of nitrogens with zero attached hydrogens (tertiary/aromatic N) is 3. The molecular formula is C28H26ClN3O2. The molecule has 5 nitrogen and oxygen atoms in total. The SMILES string of the molecule is N#Cc1ccccc1Oc1ccccc1CN1CCC2(CC1)CN(C(=O)c1ccc(Cl)cc1)C2. The van der Waals surface area contributed by atoms with Crippen LogP contribution in [0.1, 0.15) is 34.3 Å². The molecule has 2 saturated heterocycles. The van der Waals surface area contributed by atoms with E-state index < -0.39 is 0 Å². The number of ether oxygens (including phenoxy) is 1. The number of carbonyl (C=O) groups is 1. The van der Waals surface area contributed by atoms with Gasteiger partial charge in [-0.05, 0) is 68.4 Å². The van der Waals surface area contributed by atoms with E-state index in [0.717, 1.165) is 56.9 Å². The number of likely N-dealkylation sites (tertiary alicyclic amines) is 2. The molecule has 0 unspecified atom stereocenters. The average molecular weight is 472 g/mol. The second kappa shape index (κ2) is 9.50. The van der Waals surface area contributed by atoms with E-state index in [2.05, 4.69) is 17.0 Å². The van der Waals surface area contributed by atoms with E-state index in [1.165, 1.54) is 0 Å². The molecule has 0 bridgehead atoms. The molecule has 0 atom stereocenters. The average Bonchev–Trinajstić information content (AvgIpc) is 2.85. The van der Waals surface area contributed by atoms with Crippen molar-refractivity contribution in [1.29, 1.82) is 5.26 Å². The van der Waals surface area contributed by atoms with Crippen LogP contribution < -0.4 is 4.74 Å². The fourth-order valence-corrected chi connectivity index (χ4v) is 5.05. The van der Waals surface area contributed by atoms with Gasteiger partial charge in [0.1, 0.15) is 17.6 Å². The first-order valence-electron chi connectivity index (χ1n) is 11.6. The maximum Gasteiger partial charge on any atom is 0.253 e. The topological polar surface area (TPSA) is 56.6 Å². The molecule has 172 valence electrons. The van der Waals surface area contributed by atoms with Crippen molar-refractivity contribution in [3.63, 3.8) is 0 Å². The second-order valence-electron chi connectivity index (χ2n) is 9.26. The summed E-state index contributed by atoms with van der Waals surface area (Å²) in [6, 6.07) is 24.7. The Morgan fingerprint density at radius 1 is 0.941 bits per heavy atom. The normalized spacial score (nSPS) is 17.1. The highest BCUT2D eigenvalue weighted by molar-refractivity contribution is 6.30. The molecule has 3 aromatic carbocycles. The Balaban J connectivity index is 1.17. The van der Waals surface area contributed by atoms with E-state index in [4.69, 9.17) is 16.3 Å². The quantitative estimate of drug-likeness (QED) is 0.476. The van der Waals surface area contributed by atoms with Crippen molar-refractivity contribution < 1.29 is 9.53 Å². The molecule has 5 rings (SSSR count). The maximum atomic E-state index is 12.7. The first-order valence-corrected chi connectivity index (χ1v) is 12.0. The van der Waals surface area contributed by atoms with Crippen LogP contribution in [0.2, 0.25) is 5.02 Å². The summed E-state index contributed by atoms with van der Waals surface area (Å²) in [5.41, 5.74) is 2.57. The summed E-state index contributed by atoms with van der Waals surface area (Å²) in [4.78, 5) is 17.1. The molecule has 3 aromatic rings. The fourth-order valence-electron chi connectivity index (χ4n) is 4.93. The van der Waals surface area contributed by atoms with Crippen LogP contribution in [0.15, 0.2) is 72.8 Å². The summed E-state index contributed by atoms with van der Waals surface area (Å²) in [6.07, 6.45) is 2.16. The minimum atomic E-state index is 0.0912. The zero-order chi connectivity index (χ0) is 23.5. The first-order chi connectivity index (χ1) is 16.5. The monoisotopic (exact) mass is 471 g/mol. The van der Waals surface area contributed by atoms with Crippen LogP contribution in [0.25, 0.3) is 0 Å². The molecule has 0 N–H and O–H groups in total. The Hall–Kier alpha value is -3.33. The van der Waals surface area contributed by atoms with Gasteiger partial charge in [-0.2, -0.15) is 5.26 Å². The van der Waals surface area contributed by atoms with Gasteiger partial charge < -0.3 is 9.64 Å². The van der Waals surface area contributed by atoms with Crippen molar-refractivity contribution in [2.75, 3.05) is 26.2 Å². The predicted molar refractivity (Wildman–Crippen MR) is 132 cm³/mol. The number of halogens is 1. The molecule has 0 aromatic heterocycles. The number of carbonyl (C=O) groups excluding carboxylic acids is 1. The smallest absolute Gasteiger partial charge is 0.253 e. The summed E-state index contributed by atoms with van der Waals surface area (Å²) in [5, 5.41) is 10.0. The Morgan fingerprint density at radius 2 is 1.59 bits per heavy atom. The van der Waals surface area contributed by atoms with Crippen LogP contribution in [0.5, 0.6) is 11.5 Å². The Labute approximate surface area is 205 Å². The molecule has 1 spiro atoms. The number of rotatable bonds is 5. The molecule has 0 aliphatic carbocycles. The molecule has 2 aliphatic heterocycles. The third kappa shape index (κ3) is 4.65. The lowest BCUT2D eigenvalue weighted by Crippen LogP contribution is -2.61. The van der Waals surface area contributed by atoms with Crippen molar-refractivity contribution >= 4 is 17.5 Å². The number of nitriles is 1. The van der Waals surface area contributed by atoms with E-state index in [9.17, 15) is 10.1 Å². The van der Waals surface area contributed by atoms with E-state index in [1.54, 1.807) is 30.3 Å². The highest BCUT2D eigenvalue weighted by Crippen LogP contribution is 2.41. The lowest BCUT2D eigenvalue weighted by molar-refractivity contribution is -0.0336. The number of piperidine rings is 1. The van der Waals surface area contributed by atoms with Crippen molar-refractivity contribution in [3.05, 3.63) is 94.5 Å². The van der Waals surface area contributed by atoms with Gasteiger partial charge >= 0.3 is 0 Å². The summed E-state index contributed by atoms with van der Waals surface area (Å²) >= 11 is 5.95. The Kier molecular flexibility index (Phi) is 6.28. The summed E-state index contributed by atoms with van der Waals surface area (Å²) < 4.78 is 6.13. The zero-order valence-corrected chi connectivity index (χ0v) is 19.7. The van der Waals surface area contributed by atoms with Gasteiger partial charge in [0.05, 0.1) is 5.56 Å². The Bertz CT molecular complexity index is 1220. The molecule has 2 aliphatic rings. The van der Waals surface area contributed by atoms with Gasteiger partial charge in [-0.1, -0.05) is 41.9 Å². The summed E-state index contributed by atoms with van der Waals surface area (Å²) in [6.45, 7) is 4.44. The lowest BCUT2D eigenvalue weighted by atomic mass is 9.71. The van der Waals surface area contributed by atoms with Crippen LogP contribution >= 0.6 is 11.6 Å². The number of amides is 1. The van der Waals surface area contributed by atoms with Crippen LogP contribution in [0, 0.1) is 16.7 Å². The van der Waals surface area contributed by atoms with E-state index in [-0.39, 0.29) is 11.3 Å².